The molecule has 0 radical (unpaired) electrons. The van der Waals surface area contributed by atoms with Crippen molar-refractivity contribution in [3.63, 3.8) is 0 Å². The van der Waals surface area contributed by atoms with Gasteiger partial charge in [-0.15, -0.1) is 0 Å². The number of Topliss-reactive ketones (excluding diaryl/α,β-unsaturated/α-hetero) is 1. The first kappa shape index (κ1) is 29.7. The van der Waals surface area contributed by atoms with Crippen LogP contribution in [-0.4, -0.2) is 44.1 Å². The molecule has 0 bridgehead atoms. The zero-order valence-corrected chi connectivity index (χ0v) is 22.3. The second kappa shape index (κ2) is 20.1. The predicted octanol–water partition coefficient (Wildman–Crippen LogP) is 8.36. The molecule has 0 aliphatic carbocycles. The second-order valence-electron chi connectivity index (χ2n) is 10.6. The standard InChI is InChI=1S/C30H54NO2/c1-4-5-6-7-8-9-10-11-12-13-14-15-16-17-18-22-26-31(2,3)27-25-29(32)28-33-30-23-20-19-21-24-30/h19-21,23-24H,4-18,22,25-28H2,1-3H3/q+1. The summed E-state index contributed by atoms with van der Waals surface area (Å²) in [5, 5.41) is 0. The van der Waals surface area contributed by atoms with Gasteiger partial charge in [0, 0.05) is 0 Å². The van der Waals surface area contributed by atoms with Crippen LogP contribution in [0.15, 0.2) is 30.3 Å². The van der Waals surface area contributed by atoms with Gasteiger partial charge in [0.25, 0.3) is 0 Å². The molecule has 0 atom stereocenters. The molecule has 1 aromatic carbocycles. The van der Waals surface area contributed by atoms with Crippen molar-refractivity contribution in [1.82, 2.24) is 0 Å². The first-order valence-electron chi connectivity index (χ1n) is 14.0. The van der Waals surface area contributed by atoms with Gasteiger partial charge in [0.15, 0.2) is 5.78 Å². The van der Waals surface area contributed by atoms with E-state index in [-0.39, 0.29) is 12.4 Å². The number of carbonyl (C=O) groups is 1. The molecule has 0 N–H and O–H groups in total. The minimum Gasteiger partial charge on any atom is -0.486 e. The van der Waals surface area contributed by atoms with Crippen LogP contribution in [0.1, 0.15) is 116 Å². The molecular formula is C30H54NO2+. The number of nitrogens with zero attached hydrogens (tertiary/aromatic N) is 1. The van der Waals surface area contributed by atoms with Crippen LogP contribution in [0.2, 0.25) is 0 Å². The first-order valence-corrected chi connectivity index (χ1v) is 14.0. The van der Waals surface area contributed by atoms with E-state index in [1.54, 1.807) is 0 Å². The fourth-order valence-electron chi connectivity index (χ4n) is 4.38. The van der Waals surface area contributed by atoms with Gasteiger partial charge in [0.1, 0.15) is 12.4 Å². The summed E-state index contributed by atoms with van der Waals surface area (Å²) in [5.74, 6) is 0.963. The summed E-state index contributed by atoms with van der Waals surface area (Å²) in [6.45, 7) is 4.53. The van der Waals surface area contributed by atoms with Gasteiger partial charge in [0.2, 0.25) is 0 Å². The molecule has 0 saturated heterocycles. The number of quaternary nitrogens is 1. The Labute approximate surface area is 205 Å². The minimum atomic E-state index is 0.184. The summed E-state index contributed by atoms with van der Waals surface area (Å²) in [4.78, 5) is 12.2. The lowest BCUT2D eigenvalue weighted by Crippen LogP contribution is -2.42. The maximum Gasteiger partial charge on any atom is 0.175 e. The summed E-state index contributed by atoms with van der Waals surface area (Å²) in [5.41, 5.74) is 0. The number of rotatable bonds is 23. The number of ketones is 1. The maximum absolute atomic E-state index is 12.2. The average Bonchev–Trinajstić information content (AvgIpc) is 2.82. The molecule has 3 heteroatoms. The molecule has 0 aliphatic rings. The molecule has 0 aromatic heterocycles. The van der Waals surface area contributed by atoms with Crippen molar-refractivity contribution in [3.8, 4) is 5.75 Å². The third kappa shape index (κ3) is 18.7. The second-order valence-corrected chi connectivity index (χ2v) is 10.6. The van der Waals surface area contributed by atoms with E-state index in [2.05, 4.69) is 21.0 Å². The van der Waals surface area contributed by atoms with E-state index in [1.807, 2.05) is 30.3 Å². The molecule has 0 amide bonds. The van der Waals surface area contributed by atoms with Crippen LogP contribution in [-0.2, 0) is 4.79 Å². The third-order valence-electron chi connectivity index (χ3n) is 6.76. The lowest BCUT2D eigenvalue weighted by atomic mass is 10.0. The summed E-state index contributed by atoms with van der Waals surface area (Å²) in [6, 6.07) is 9.60. The molecule has 1 aromatic rings. The van der Waals surface area contributed by atoms with Crippen LogP contribution in [0.3, 0.4) is 0 Å². The molecule has 1 rings (SSSR count). The van der Waals surface area contributed by atoms with Gasteiger partial charge in [-0.25, -0.2) is 0 Å². The highest BCUT2D eigenvalue weighted by molar-refractivity contribution is 5.80. The Bertz CT molecular complexity index is 570. The molecule has 3 nitrogen and oxygen atoms in total. The zero-order valence-electron chi connectivity index (χ0n) is 22.3. The predicted molar refractivity (Wildman–Crippen MR) is 143 cm³/mol. The Kier molecular flexibility index (Phi) is 18.0. The fourth-order valence-corrected chi connectivity index (χ4v) is 4.38. The molecule has 190 valence electrons. The Balaban J connectivity index is 1.87. The molecule has 0 saturated carbocycles. The van der Waals surface area contributed by atoms with Gasteiger partial charge in [-0.2, -0.15) is 0 Å². The summed E-state index contributed by atoms with van der Waals surface area (Å²) in [7, 11) is 4.49. The van der Waals surface area contributed by atoms with Gasteiger partial charge < -0.3 is 9.22 Å². The highest BCUT2D eigenvalue weighted by Gasteiger charge is 2.16. The van der Waals surface area contributed by atoms with Gasteiger partial charge in [-0.1, -0.05) is 115 Å². The van der Waals surface area contributed by atoms with Crippen molar-refractivity contribution in [2.45, 2.75) is 116 Å². The van der Waals surface area contributed by atoms with E-state index in [9.17, 15) is 4.79 Å². The van der Waals surface area contributed by atoms with E-state index >= 15 is 0 Å². The van der Waals surface area contributed by atoms with E-state index in [0.717, 1.165) is 23.3 Å². The Morgan fingerprint density at radius 3 is 1.61 bits per heavy atom. The number of para-hydroxylation sites is 1. The molecule has 33 heavy (non-hydrogen) atoms. The molecule has 0 spiro atoms. The van der Waals surface area contributed by atoms with Crippen LogP contribution < -0.4 is 4.74 Å². The third-order valence-corrected chi connectivity index (χ3v) is 6.76. The van der Waals surface area contributed by atoms with Crippen LogP contribution in [0.5, 0.6) is 5.75 Å². The molecular weight excluding hydrogens is 406 g/mol. The van der Waals surface area contributed by atoms with Crippen molar-refractivity contribution >= 4 is 5.78 Å². The molecule has 0 fully saturated rings. The number of carbonyl (C=O) groups excluding carboxylic acids is 1. The Morgan fingerprint density at radius 1 is 0.667 bits per heavy atom. The SMILES string of the molecule is CCCCCCCCCCCCCCCCCC[N+](C)(C)CCC(=O)COc1ccccc1. The van der Waals surface area contributed by atoms with Crippen LogP contribution in [0.4, 0.5) is 0 Å². The summed E-state index contributed by atoms with van der Waals surface area (Å²) < 4.78 is 6.50. The largest absolute Gasteiger partial charge is 0.486 e. The quantitative estimate of drug-likeness (QED) is 0.121. The van der Waals surface area contributed by atoms with Gasteiger partial charge in [-0.05, 0) is 25.0 Å². The van der Waals surface area contributed by atoms with E-state index < -0.39 is 0 Å². The van der Waals surface area contributed by atoms with Crippen molar-refractivity contribution in [2.24, 2.45) is 0 Å². The molecule has 0 unspecified atom stereocenters. The monoisotopic (exact) mass is 460 g/mol. The highest BCUT2D eigenvalue weighted by atomic mass is 16.5. The van der Waals surface area contributed by atoms with Crippen molar-refractivity contribution in [3.05, 3.63) is 30.3 Å². The van der Waals surface area contributed by atoms with Gasteiger partial charge >= 0.3 is 0 Å². The van der Waals surface area contributed by atoms with E-state index in [4.69, 9.17) is 4.74 Å². The number of hydrogen-bond acceptors (Lipinski definition) is 2. The number of hydrogen-bond donors (Lipinski definition) is 0. The van der Waals surface area contributed by atoms with Crippen LogP contribution in [0, 0.1) is 0 Å². The minimum absolute atomic E-state index is 0.184. The van der Waals surface area contributed by atoms with Gasteiger partial charge in [0.05, 0.1) is 33.6 Å². The Morgan fingerprint density at radius 2 is 1.12 bits per heavy atom. The van der Waals surface area contributed by atoms with Crippen molar-refractivity contribution in [1.29, 1.82) is 0 Å². The summed E-state index contributed by atoms with van der Waals surface area (Å²) >= 11 is 0. The Hall–Kier alpha value is -1.35. The fraction of sp³-hybridized carbons (Fsp3) is 0.767. The first-order chi connectivity index (χ1) is 16.0. The average molecular weight is 461 g/mol. The lowest BCUT2D eigenvalue weighted by Gasteiger charge is -2.29. The smallest absolute Gasteiger partial charge is 0.175 e. The molecule has 0 aliphatic heterocycles. The molecule has 0 heterocycles. The van der Waals surface area contributed by atoms with Crippen molar-refractivity contribution < 1.29 is 14.0 Å². The van der Waals surface area contributed by atoms with Gasteiger partial charge in [-0.3, -0.25) is 4.79 Å². The zero-order chi connectivity index (χ0) is 24.0. The number of benzene rings is 1. The number of unbranched alkanes of at least 4 members (excludes halogenated alkanes) is 15. The van der Waals surface area contributed by atoms with Crippen LogP contribution in [0.25, 0.3) is 0 Å². The maximum atomic E-state index is 12.2. The summed E-state index contributed by atoms with van der Waals surface area (Å²) in [6.07, 6.45) is 23.1. The topological polar surface area (TPSA) is 26.3 Å². The van der Waals surface area contributed by atoms with E-state index in [1.165, 1.54) is 103 Å². The van der Waals surface area contributed by atoms with Crippen LogP contribution >= 0.6 is 0 Å². The lowest BCUT2D eigenvalue weighted by molar-refractivity contribution is -0.889. The normalized spacial score (nSPS) is 11.6. The number of ether oxygens (including phenoxy) is 1. The highest BCUT2D eigenvalue weighted by Crippen LogP contribution is 2.14. The van der Waals surface area contributed by atoms with E-state index in [0.29, 0.717) is 6.42 Å². The van der Waals surface area contributed by atoms with Crippen molar-refractivity contribution in [2.75, 3.05) is 33.8 Å².